The standard InChI is InChI=1S/C19H19NO4S.C11H10O2.C9H11ClO2S.C4H8O/c1-12-9-13(2)18(14(3)10-12)25(22,23)20-8-7-15-11-16(19(21)24-4)5-6-17(15)20;1-13-11(12)10-6-5-8-3-2-4-9(8)7-10;1-6-4-7(2)9(8(3)5-6)13(10,11)12;1-2-4-5-3-1/h5-11H,1-4H3;2,4-7H,3H2,1H3;4-5H,1-3H3;1-4H2. The maximum Gasteiger partial charge on any atom is 0.337 e. The summed E-state index contributed by atoms with van der Waals surface area (Å²) in [6.07, 6.45) is 9.16. The number of fused-ring (bicyclic) bond motifs is 2. The molecule has 1 aliphatic heterocycles. The van der Waals surface area contributed by atoms with Gasteiger partial charge < -0.3 is 14.2 Å². The number of benzene rings is 4. The second-order valence-electron chi connectivity index (χ2n) is 13.6. The normalized spacial score (nSPS) is 13.0. The molecule has 0 atom stereocenters. The molecule has 5 aromatic rings. The van der Waals surface area contributed by atoms with Crippen molar-refractivity contribution in [3.05, 3.63) is 135 Å². The summed E-state index contributed by atoms with van der Waals surface area (Å²) in [5, 5.41) is 0.661. The highest BCUT2D eigenvalue weighted by Crippen LogP contribution is 2.29. The molecule has 0 amide bonds. The molecule has 1 aromatic heterocycles. The molecule has 56 heavy (non-hydrogen) atoms. The summed E-state index contributed by atoms with van der Waals surface area (Å²) in [6.45, 7) is 13.0. The summed E-state index contributed by atoms with van der Waals surface area (Å²) in [5.74, 6) is -0.731. The van der Waals surface area contributed by atoms with E-state index < -0.39 is 25.0 Å². The summed E-state index contributed by atoms with van der Waals surface area (Å²) < 4.78 is 64.3. The molecule has 298 valence electrons. The third-order valence-electron chi connectivity index (χ3n) is 9.08. The Kier molecular flexibility index (Phi) is 14.9. The number of carbonyl (C=O) groups is 2. The molecule has 1 aliphatic carbocycles. The molecular weight excluding hydrogens is 774 g/mol. The monoisotopic (exact) mass is 821 g/mol. The quantitative estimate of drug-likeness (QED) is 0.126. The third-order valence-corrected chi connectivity index (χ3v) is 12.7. The molecule has 0 radical (unpaired) electrons. The molecule has 0 N–H and O–H groups in total. The van der Waals surface area contributed by atoms with Crippen molar-refractivity contribution in [3.8, 4) is 0 Å². The van der Waals surface area contributed by atoms with Crippen LogP contribution in [0.1, 0.15) is 78.1 Å². The van der Waals surface area contributed by atoms with E-state index in [0.717, 1.165) is 36.3 Å². The number of methoxy groups -OCH3 is 2. The fourth-order valence-corrected chi connectivity index (χ4v) is 10.2. The molecule has 0 spiro atoms. The molecule has 2 heterocycles. The van der Waals surface area contributed by atoms with Gasteiger partial charge in [-0.25, -0.2) is 30.4 Å². The van der Waals surface area contributed by atoms with Gasteiger partial charge in [0, 0.05) is 35.5 Å². The summed E-state index contributed by atoms with van der Waals surface area (Å²) in [7, 11) is 0.651. The Balaban J connectivity index is 0.000000188. The first-order valence-electron chi connectivity index (χ1n) is 17.9. The van der Waals surface area contributed by atoms with Gasteiger partial charge in [0.15, 0.2) is 0 Å². The van der Waals surface area contributed by atoms with Gasteiger partial charge in [-0.05, 0) is 131 Å². The number of nitrogens with zero attached hydrogens (tertiary/aromatic N) is 1. The first-order valence-corrected chi connectivity index (χ1v) is 21.6. The van der Waals surface area contributed by atoms with Crippen molar-refractivity contribution in [2.45, 2.75) is 70.6 Å². The minimum absolute atomic E-state index is 0.236. The minimum atomic E-state index is -3.74. The Morgan fingerprint density at radius 2 is 1.18 bits per heavy atom. The Hall–Kier alpha value is -4.75. The van der Waals surface area contributed by atoms with Crippen LogP contribution in [0.2, 0.25) is 0 Å². The molecule has 1 saturated heterocycles. The molecular formula is C43H48ClNO9S2. The first-order chi connectivity index (χ1) is 26.4. The van der Waals surface area contributed by atoms with E-state index >= 15 is 0 Å². The smallest absolute Gasteiger partial charge is 0.337 e. The van der Waals surface area contributed by atoms with E-state index in [2.05, 4.69) is 10.8 Å². The molecule has 0 saturated carbocycles. The average Bonchev–Trinajstić information content (AvgIpc) is 3.93. The second kappa shape index (κ2) is 18.9. The second-order valence-corrected chi connectivity index (χ2v) is 17.9. The van der Waals surface area contributed by atoms with Crippen LogP contribution in [0.4, 0.5) is 0 Å². The lowest BCUT2D eigenvalue weighted by Crippen LogP contribution is -2.15. The van der Waals surface area contributed by atoms with Crippen LogP contribution in [0, 0.1) is 41.5 Å². The fraction of sp³-hybridized carbons (Fsp3) is 0.302. The van der Waals surface area contributed by atoms with Crippen LogP contribution >= 0.6 is 10.7 Å². The van der Waals surface area contributed by atoms with Gasteiger partial charge in [-0.3, -0.25) is 0 Å². The van der Waals surface area contributed by atoms with Gasteiger partial charge in [0.2, 0.25) is 0 Å². The predicted octanol–water partition coefficient (Wildman–Crippen LogP) is 8.97. The number of allylic oxidation sites excluding steroid dienone is 1. The van der Waals surface area contributed by atoms with E-state index in [-0.39, 0.29) is 10.9 Å². The summed E-state index contributed by atoms with van der Waals surface area (Å²) in [6, 6.07) is 19.5. The van der Waals surface area contributed by atoms with Crippen LogP contribution in [0.3, 0.4) is 0 Å². The minimum Gasteiger partial charge on any atom is -0.465 e. The van der Waals surface area contributed by atoms with Crippen LogP contribution in [-0.2, 0) is 39.7 Å². The van der Waals surface area contributed by atoms with Crippen molar-refractivity contribution in [1.82, 2.24) is 3.97 Å². The Labute approximate surface area is 334 Å². The number of aryl methyl sites for hydroxylation is 6. The number of halogens is 1. The average molecular weight is 822 g/mol. The van der Waals surface area contributed by atoms with Crippen molar-refractivity contribution in [1.29, 1.82) is 0 Å². The van der Waals surface area contributed by atoms with Gasteiger partial charge in [-0.15, -0.1) is 0 Å². The number of rotatable bonds is 5. The SMILES string of the molecule is C1CCOC1.COC(=O)c1ccc2c(c1)C=CC2.COC(=O)c1ccc2c(ccn2S(=O)(=O)c2c(C)cc(C)cc2C)c1.Cc1cc(C)c(S(=O)(=O)Cl)c(C)c1. The summed E-state index contributed by atoms with van der Waals surface area (Å²) >= 11 is 0. The first kappa shape index (κ1) is 44.0. The molecule has 2 aliphatic rings. The van der Waals surface area contributed by atoms with Crippen LogP contribution in [0.5, 0.6) is 0 Å². The molecule has 13 heteroatoms. The van der Waals surface area contributed by atoms with Crippen LogP contribution in [0.15, 0.2) is 88.8 Å². The Bertz CT molecular complexity index is 2440. The van der Waals surface area contributed by atoms with Crippen LogP contribution in [0.25, 0.3) is 17.0 Å². The summed E-state index contributed by atoms with van der Waals surface area (Å²) in [4.78, 5) is 23.4. The summed E-state index contributed by atoms with van der Waals surface area (Å²) in [5.41, 5.74) is 8.81. The maximum atomic E-state index is 13.2. The largest absolute Gasteiger partial charge is 0.465 e. The lowest BCUT2D eigenvalue weighted by atomic mass is 10.1. The molecule has 7 rings (SSSR count). The third kappa shape index (κ3) is 10.8. The number of hydrogen-bond acceptors (Lipinski definition) is 9. The Morgan fingerprint density at radius 1 is 0.679 bits per heavy atom. The van der Waals surface area contributed by atoms with E-state index in [1.165, 1.54) is 42.8 Å². The molecule has 10 nitrogen and oxygen atoms in total. The van der Waals surface area contributed by atoms with Gasteiger partial charge in [-0.2, -0.15) is 0 Å². The molecule has 0 bridgehead atoms. The van der Waals surface area contributed by atoms with Crippen molar-refractivity contribution in [2.75, 3.05) is 27.4 Å². The number of esters is 2. The van der Waals surface area contributed by atoms with E-state index in [0.29, 0.717) is 49.2 Å². The van der Waals surface area contributed by atoms with E-state index in [9.17, 15) is 26.4 Å². The van der Waals surface area contributed by atoms with Crippen LogP contribution in [-0.4, -0.2) is 60.2 Å². The molecule has 1 fully saturated rings. The van der Waals surface area contributed by atoms with Crippen molar-refractivity contribution in [3.63, 3.8) is 0 Å². The lowest BCUT2D eigenvalue weighted by molar-refractivity contribution is 0.0592. The van der Waals surface area contributed by atoms with Crippen molar-refractivity contribution >= 4 is 58.7 Å². The van der Waals surface area contributed by atoms with E-state index in [1.54, 1.807) is 58.0 Å². The highest BCUT2D eigenvalue weighted by atomic mass is 35.7. The van der Waals surface area contributed by atoms with Gasteiger partial charge in [0.1, 0.15) is 0 Å². The van der Waals surface area contributed by atoms with Gasteiger partial charge >= 0.3 is 11.9 Å². The van der Waals surface area contributed by atoms with E-state index in [1.807, 2.05) is 56.3 Å². The van der Waals surface area contributed by atoms with Gasteiger partial charge in [0.05, 0.1) is 40.7 Å². The predicted molar refractivity (Wildman–Crippen MR) is 221 cm³/mol. The maximum absolute atomic E-state index is 13.2. The van der Waals surface area contributed by atoms with Gasteiger partial charge in [0.25, 0.3) is 19.1 Å². The number of aromatic nitrogens is 1. The van der Waals surface area contributed by atoms with Crippen LogP contribution < -0.4 is 0 Å². The molecule has 4 aromatic carbocycles. The zero-order chi connectivity index (χ0) is 41.4. The Morgan fingerprint density at radius 3 is 1.66 bits per heavy atom. The number of ether oxygens (including phenoxy) is 3. The topological polar surface area (TPSA) is 135 Å². The number of hydrogen-bond donors (Lipinski definition) is 0. The molecule has 0 unspecified atom stereocenters. The highest BCUT2D eigenvalue weighted by Gasteiger charge is 2.24. The van der Waals surface area contributed by atoms with E-state index in [4.69, 9.17) is 20.2 Å². The van der Waals surface area contributed by atoms with Crippen molar-refractivity contribution in [2.24, 2.45) is 0 Å². The number of carbonyl (C=O) groups excluding carboxylic acids is 2. The van der Waals surface area contributed by atoms with Crippen molar-refractivity contribution < 1.29 is 40.6 Å². The zero-order valence-corrected chi connectivity index (χ0v) is 35.3. The van der Waals surface area contributed by atoms with Gasteiger partial charge in [-0.1, -0.05) is 53.6 Å². The fourth-order valence-electron chi connectivity index (χ4n) is 6.80. The lowest BCUT2D eigenvalue weighted by Gasteiger charge is -2.14. The zero-order valence-electron chi connectivity index (χ0n) is 32.9. The highest BCUT2D eigenvalue weighted by molar-refractivity contribution is 8.13.